The second kappa shape index (κ2) is 5.69. The number of carboxylic acids is 1. The molecule has 2 N–H and O–H groups in total. The highest BCUT2D eigenvalue weighted by atomic mass is 16.4. The van der Waals surface area contributed by atoms with E-state index >= 15 is 0 Å². The van der Waals surface area contributed by atoms with Crippen LogP contribution in [0.15, 0.2) is 30.5 Å². The summed E-state index contributed by atoms with van der Waals surface area (Å²) in [7, 11) is 0. The second-order valence-electron chi connectivity index (χ2n) is 5.07. The van der Waals surface area contributed by atoms with Crippen molar-refractivity contribution in [3.63, 3.8) is 0 Å². The Labute approximate surface area is 116 Å². The summed E-state index contributed by atoms with van der Waals surface area (Å²) in [6.07, 6.45) is 2.25. The summed E-state index contributed by atoms with van der Waals surface area (Å²) in [5, 5.41) is 8.64. The first kappa shape index (κ1) is 14.0. The van der Waals surface area contributed by atoms with Crippen LogP contribution in [0.5, 0.6) is 0 Å². The predicted molar refractivity (Wildman–Crippen MR) is 74.5 cm³/mol. The Hall–Kier alpha value is -2.43. The molecule has 0 aliphatic rings. The molecule has 0 saturated heterocycles. The molecule has 0 radical (unpaired) electrons. The van der Waals surface area contributed by atoms with E-state index in [0.29, 0.717) is 11.7 Å². The van der Waals surface area contributed by atoms with Crippen LogP contribution in [0.1, 0.15) is 29.9 Å². The van der Waals surface area contributed by atoms with E-state index in [0.717, 1.165) is 12.0 Å². The van der Waals surface area contributed by atoms with E-state index in [1.807, 2.05) is 24.3 Å². The number of nitrogens with zero attached hydrogens (tertiary/aromatic N) is 1. The Bertz CT molecular complexity index is 627. The van der Waals surface area contributed by atoms with Crippen LogP contribution in [0.3, 0.4) is 0 Å². The van der Waals surface area contributed by atoms with Crippen LogP contribution in [0, 0.1) is 5.92 Å². The van der Waals surface area contributed by atoms with Crippen molar-refractivity contribution in [1.82, 2.24) is 9.97 Å². The van der Waals surface area contributed by atoms with Gasteiger partial charge < -0.3 is 10.1 Å². The minimum atomic E-state index is -1.49. The zero-order valence-corrected chi connectivity index (χ0v) is 11.4. The maximum absolute atomic E-state index is 11.3. The van der Waals surface area contributed by atoms with Gasteiger partial charge in [0.25, 0.3) is 5.78 Å². The van der Waals surface area contributed by atoms with E-state index in [4.69, 9.17) is 5.11 Å². The van der Waals surface area contributed by atoms with Crippen LogP contribution in [-0.4, -0.2) is 26.8 Å². The van der Waals surface area contributed by atoms with Gasteiger partial charge in [-0.2, -0.15) is 0 Å². The average Bonchev–Trinajstić information content (AvgIpc) is 2.87. The fourth-order valence-electron chi connectivity index (χ4n) is 1.97. The highest BCUT2D eigenvalue weighted by molar-refractivity contribution is 6.39. The molecule has 104 valence electrons. The number of H-pyrrole nitrogens is 1. The van der Waals surface area contributed by atoms with E-state index < -0.39 is 11.8 Å². The van der Waals surface area contributed by atoms with Gasteiger partial charge in [-0.25, -0.2) is 9.78 Å². The molecule has 5 nitrogen and oxygen atoms in total. The second-order valence-corrected chi connectivity index (χ2v) is 5.07. The lowest BCUT2D eigenvalue weighted by Crippen LogP contribution is -2.12. The third kappa shape index (κ3) is 3.12. The molecule has 0 spiro atoms. The SMILES string of the molecule is CC(C)Cc1ccc(-c2ncc(C(=O)C(=O)O)[nH]2)cc1. The van der Waals surface area contributed by atoms with E-state index in [2.05, 4.69) is 23.8 Å². The highest BCUT2D eigenvalue weighted by Crippen LogP contribution is 2.18. The van der Waals surface area contributed by atoms with Crippen LogP contribution in [0.4, 0.5) is 0 Å². The Morgan fingerprint density at radius 1 is 1.25 bits per heavy atom. The number of imidazole rings is 1. The molecule has 0 fully saturated rings. The first-order chi connectivity index (χ1) is 9.47. The van der Waals surface area contributed by atoms with Gasteiger partial charge in [-0.05, 0) is 17.9 Å². The van der Waals surface area contributed by atoms with Gasteiger partial charge in [0, 0.05) is 5.56 Å². The van der Waals surface area contributed by atoms with Gasteiger partial charge in [0.2, 0.25) is 0 Å². The number of carbonyl (C=O) groups excluding carboxylic acids is 1. The fraction of sp³-hybridized carbons (Fsp3) is 0.267. The summed E-state index contributed by atoms with van der Waals surface area (Å²) in [5.41, 5.74) is 2.04. The number of carboxylic acid groups (broad SMARTS) is 1. The van der Waals surface area contributed by atoms with Crippen LogP contribution >= 0.6 is 0 Å². The van der Waals surface area contributed by atoms with Crippen molar-refractivity contribution in [3.05, 3.63) is 41.7 Å². The van der Waals surface area contributed by atoms with Gasteiger partial charge in [-0.3, -0.25) is 4.79 Å². The fourth-order valence-corrected chi connectivity index (χ4v) is 1.97. The third-order valence-corrected chi connectivity index (χ3v) is 2.89. The van der Waals surface area contributed by atoms with Crippen LogP contribution in [0.2, 0.25) is 0 Å². The van der Waals surface area contributed by atoms with Gasteiger partial charge in [0.15, 0.2) is 0 Å². The molecule has 0 atom stereocenters. The predicted octanol–water partition coefficient (Wildman–Crippen LogP) is 2.54. The van der Waals surface area contributed by atoms with E-state index in [9.17, 15) is 9.59 Å². The van der Waals surface area contributed by atoms with E-state index in [-0.39, 0.29) is 5.69 Å². The quantitative estimate of drug-likeness (QED) is 0.647. The first-order valence-corrected chi connectivity index (χ1v) is 6.39. The van der Waals surface area contributed by atoms with Crippen LogP contribution < -0.4 is 0 Å². The molecule has 0 aliphatic heterocycles. The van der Waals surface area contributed by atoms with Crippen molar-refractivity contribution < 1.29 is 14.7 Å². The van der Waals surface area contributed by atoms with E-state index in [1.165, 1.54) is 11.8 Å². The third-order valence-electron chi connectivity index (χ3n) is 2.89. The molecule has 20 heavy (non-hydrogen) atoms. The molecule has 1 heterocycles. The largest absolute Gasteiger partial charge is 0.475 e. The molecule has 1 aromatic heterocycles. The summed E-state index contributed by atoms with van der Waals surface area (Å²) in [5.74, 6) is -1.40. The molecular weight excluding hydrogens is 256 g/mol. The van der Waals surface area contributed by atoms with Crippen molar-refractivity contribution in [2.24, 2.45) is 5.92 Å². The number of aromatic nitrogens is 2. The number of nitrogens with one attached hydrogen (secondary N) is 1. The van der Waals surface area contributed by atoms with Gasteiger partial charge in [-0.1, -0.05) is 38.1 Å². The smallest absolute Gasteiger partial charge is 0.378 e. The molecule has 2 aromatic rings. The number of hydrogen-bond donors (Lipinski definition) is 2. The maximum atomic E-state index is 11.3. The number of benzene rings is 1. The first-order valence-electron chi connectivity index (χ1n) is 6.39. The van der Waals surface area contributed by atoms with Gasteiger partial charge in [0.1, 0.15) is 11.5 Å². The summed E-state index contributed by atoms with van der Waals surface area (Å²) in [6, 6.07) is 7.84. The minimum Gasteiger partial charge on any atom is -0.475 e. The van der Waals surface area contributed by atoms with Gasteiger partial charge >= 0.3 is 5.97 Å². The molecule has 0 saturated carbocycles. The zero-order valence-electron chi connectivity index (χ0n) is 11.4. The van der Waals surface area contributed by atoms with E-state index in [1.54, 1.807) is 0 Å². The lowest BCUT2D eigenvalue weighted by atomic mass is 10.0. The summed E-state index contributed by atoms with van der Waals surface area (Å²) < 4.78 is 0. The number of aromatic amines is 1. The van der Waals surface area contributed by atoms with Crippen LogP contribution in [-0.2, 0) is 11.2 Å². The van der Waals surface area contributed by atoms with Crippen LogP contribution in [0.25, 0.3) is 11.4 Å². The normalized spacial score (nSPS) is 10.8. The maximum Gasteiger partial charge on any atom is 0.378 e. The number of aliphatic carboxylic acids is 1. The Morgan fingerprint density at radius 3 is 2.45 bits per heavy atom. The molecule has 0 aliphatic carbocycles. The lowest BCUT2D eigenvalue weighted by Gasteiger charge is -2.05. The number of carbonyl (C=O) groups is 2. The topological polar surface area (TPSA) is 83.1 Å². The summed E-state index contributed by atoms with van der Waals surface area (Å²) in [4.78, 5) is 28.7. The lowest BCUT2D eigenvalue weighted by molar-refractivity contribution is -0.131. The molecule has 2 rings (SSSR count). The van der Waals surface area contributed by atoms with Crippen molar-refractivity contribution in [2.45, 2.75) is 20.3 Å². The number of ketones is 1. The molecule has 0 amide bonds. The Kier molecular flexibility index (Phi) is 3.98. The summed E-state index contributed by atoms with van der Waals surface area (Å²) >= 11 is 0. The van der Waals surface area contributed by atoms with Crippen molar-refractivity contribution in [2.75, 3.05) is 0 Å². The molecule has 0 bridgehead atoms. The van der Waals surface area contributed by atoms with Gasteiger partial charge in [0.05, 0.1) is 6.20 Å². The Balaban J connectivity index is 2.20. The molecule has 5 heteroatoms. The molecule has 0 unspecified atom stereocenters. The number of rotatable bonds is 5. The standard InChI is InChI=1S/C15H16N2O3/c1-9(2)7-10-3-5-11(6-4-10)14-16-8-12(17-14)13(18)15(19)20/h3-6,8-9H,7H2,1-2H3,(H,16,17)(H,19,20). The Morgan fingerprint density at radius 2 is 1.90 bits per heavy atom. The van der Waals surface area contributed by atoms with Crippen molar-refractivity contribution >= 4 is 11.8 Å². The van der Waals surface area contributed by atoms with Crippen molar-refractivity contribution in [1.29, 1.82) is 0 Å². The summed E-state index contributed by atoms with van der Waals surface area (Å²) in [6.45, 7) is 4.31. The van der Waals surface area contributed by atoms with Gasteiger partial charge in [-0.15, -0.1) is 0 Å². The van der Waals surface area contributed by atoms with Crippen molar-refractivity contribution in [3.8, 4) is 11.4 Å². The minimum absolute atomic E-state index is 0.0150. The zero-order chi connectivity index (χ0) is 14.7. The number of hydrogen-bond acceptors (Lipinski definition) is 3. The average molecular weight is 272 g/mol. The monoisotopic (exact) mass is 272 g/mol. The number of Topliss-reactive ketones (excluding diaryl/α,β-unsaturated/α-hetero) is 1. The highest BCUT2D eigenvalue weighted by Gasteiger charge is 2.17. The molecule has 1 aromatic carbocycles. The molecular formula is C15H16N2O3.